The van der Waals surface area contributed by atoms with E-state index in [0.717, 1.165) is 17.8 Å². The summed E-state index contributed by atoms with van der Waals surface area (Å²) in [5.74, 6) is -0.786. The molecule has 1 saturated heterocycles. The van der Waals surface area contributed by atoms with E-state index in [9.17, 15) is 14.7 Å². The van der Waals surface area contributed by atoms with Crippen LogP contribution < -0.4 is 0 Å². The largest absolute Gasteiger partial charge is 0.480 e. The number of carboxylic acid groups (broad SMARTS) is 1. The second-order valence-electron chi connectivity index (χ2n) is 5.88. The Kier molecular flexibility index (Phi) is 4.44. The van der Waals surface area contributed by atoms with Gasteiger partial charge in [0.2, 0.25) is 0 Å². The molecule has 0 unspecified atom stereocenters. The molecule has 1 atom stereocenters. The fourth-order valence-corrected chi connectivity index (χ4v) is 4.34. The van der Waals surface area contributed by atoms with Gasteiger partial charge in [0.1, 0.15) is 4.88 Å². The number of amides is 1. The van der Waals surface area contributed by atoms with E-state index in [2.05, 4.69) is 4.98 Å². The predicted octanol–water partition coefficient (Wildman–Crippen LogP) is 2.03. The second kappa shape index (κ2) is 6.34. The second-order valence-corrected chi connectivity index (χ2v) is 6.91. The van der Waals surface area contributed by atoms with Gasteiger partial charge in [-0.2, -0.15) is 0 Å². The van der Waals surface area contributed by atoms with E-state index in [4.69, 9.17) is 4.74 Å². The van der Waals surface area contributed by atoms with Gasteiger partial charge in [-0.15, -0.1) is 11.3 Å². The van der Waals surface area contributed by atoms with Crippen LogP contribution >= 0.6 is 11.3 Å². The summed E-state index contributed by atoms with van der Waals surface area (Å²) < 4.78 is 5.19. The van der Waals surface area contributed by atoms with Crippen LogP contribution in [0.25, 0.3) is 0 Å². The third kappa shape index (κ3) is 2.87. The van der Waals surface area contributed by atoms with Gasteiger partial charge in [-0.1, -0.05) is 12.8 Å². The topological polar surface area (TPSA) is 79.7 Å². The first-order chi connectivity index (χ1) is 10.6. The van der Waals surface area contributed by atoms with Gasteiger partial charge >= 0.3 is 5.97 Å². The number of carbonyl (C=O) groups is 2. The Hall–Kier alpha value is -1.47. The number of carbonyl (C=O) groups excluding carboxylic acids is 1. The highest BCUT2D eigenvalue weighted by Crippen LogP contribution is 2.37. The van der Waals surface area contributed by atoms with Crippen LogP contribution in [0.5, 0.6) is 0 Å². The number of thiazole rings is 1. The van der Waals surface area contributed by atoms with Crippen molar-refractivity contribution in [3.63, 3.8) is 0 Å². The van der Waals surface area contributed by atoms with Crippen molar-refractivity contribution in [3.05, 3.63) is 15.6 Å². The van der Waals surface area contributed by atoms with Crippen LogP contribution in [0.1, 0.15) is 52.0 Å². The number of hydrogen-bond acceptors (Lipinski definition) is 5. The first-order valence-electron chi connectivity index (χ1n) is 7.66. The van der Waals surface area contributed by atoms with E-state index in [0.29, 0.717) is 29.6 Å². The predicted molar refractivity (Wildman–Crippen MR) is 81.3 cm³/mol. The van der Waals surface area contributed by atoms with Gasteiger partial charge in [-0.25, -0.2) is 9.78 Å². The van der Waals surface area contributed by atoms with Crippen molar-refractivity contribution < 1.29 is 19.4 Å². The Bertz CT molecular complexity index is 580. The number of morpholine rings is 1. The van der Waals surface area contributed by atoms with Gasteiger partial charge in [0, 0.05) is 12.5 Å². The Labute approximate surface area is 133 Å². The van der Waals surface area contributed by atoms with Crippen LogP contribution in [0.2, 0.25) is 0 Å². The van der Waals surface area contributed by atoms with Crippen molar-refractivity contribution in [3.8, 4) is 0 Å². The molecule has 3 rings (SSSR count). The molecule has 1 amide bonds. The fraction of sp³-hybridized carbons (Fsp3) is 0.667. The molecular weight excluding hydrogens is 304 g/mol. The number of aryl methyl sites for hydroxylation is 1. The Morgan fingerprint density at radius 3 is 2.77 bits per heavy atom. The zero-order valence-electron chi connectivity index (χ0n) is 12.6. The maximum absolute atomic E-state index is 12.7. The van der Waals surface area contributed by atoms with E-state index in [1.807, 2.05) is 6.92 Å². The van der Waals surface area contributed by atoms with Crippen molar-refractivity contribution in [1.82, 2.24) is 9.88 Å². The summed E-state index contributed by atoms with van der Waals surface area (Å²) in [5.41, 5.74) is 0.715. The average molecular weight is 324 g/mol. The molecule has 6 nitrogen and oxygen atoms in total. The zero-order chi connectivity index (χ0) is 15.7. The summed E-state index contributed by atoms with van der Waals surface area (Å²) in [7, 11) is 0. The van der Waals surface area contributed by atoms with Crippen molar-refractivity contribution in [2.24, 2.45) is 0 Å². The smallest absolute Gasteiger partial charge is 0.328 e. The summed E-state index contributed by atoms with van der Waals surface area (Å²) in [6, 6.07) is -0.905. The van der Waals surface area contributed by atoms with Crippen LogP contribution in [-0.2, 0) is 9.53 Å². The summed E-state index contributed by atoms with van der Waals surface area (Å²) >= 11 is 1.44. The molecule has 1 saturated carbocycles. The lowest BCUT2D eigenvalue weighted by Gasteiger charge is -2.32. The standard InChI is InChI=1S/C15H20N2O4S/c1-9-12(22-13(16-9)10-4-2-3-5-10)14(18)17-6-7-21-8-11(17)15(19)20/h10-11H,2-8H2,1H3,(H,19,20)/t11-/m1/s1. The zero-order valence-corrected chi connectivity index (χ0v) is 13.4. The minimum Gasteiger partial charge on any atom is -0.480 e. The fourth-order valence-electron chi connectivity index (χ4n) is 3.14. The van der Waals surface area contributed by atoms with Crippen LogP contribution in [0.15, 0.2) is 0 Å². The van der Waals surface area contributed by atoms with E-state index in [-0.39, 0.29) is 12.5 Å². The monoisotopic (exact) mass is 324 g/mol. The number of nitrogens with zero attached hydrogens (tertiary/aromatic N) is 2. The number of hydrogen-bond donors (Lipinski definition) is 1. The van der Waals surface area contributed by atoms with E-state index in [1.54, 1.807) is 0 Å². The first-order valence-corrected chi connectivity index (χ1v) is 8.48. The van der Waals surface area contributed by atoms with Crippen molar-refractivity contribution >= 4 is 23.2 Å². The minimum atomic E-state index is -1.02. The molecule has 0 radical (unpaired) electrons. The molecule has 2 aliphatic rings. The quantitative estimate of drug-likeness (QED) is 0.920. The third-order valence-corrected chi connectivity index (χ3v) is 5.69. The molecule has 0 spiro atoms. The lowest BCUT2D eigenvalue weighted by atomic mass is 10.1. The van der Waals surface area contributed by atoms with E-state index >= 15 is 0 Å². The molecule has 0 aromatic carbocycles. The number of rotatable bonds is 3. The molecule has 1 aliphatic carbocycles. The van der Waals surface area contributed by atoms with Gasteiger partial charge in [0.05, 0.1) is 23.9 Å². The lowest BCUT2D eigenvalue weighted by Crippen LogP contribution is -2.52. The molecule has 0 bridgehead atoms. The molecule has 1 aliphatic heterocycles. The SMILES string of the molecule is Cc1nc(C2CCCC2)sc1C(=O)N1CCOC[C@@H]1C(=O)O. The normalized spacial score (nSPS) is 23.0. The number of aromatic nitrogens is 1. The highest BCUT2D eigenvalue weighted by molar-refractivity contribution is 7.13. The highest BCUT2D eigenvalue weighted by Gasteiger charge is 2.35. The number of ether oxygens (including phenoxy) is 1. The molecular formula is C15H20N2O4S. The van der Waals surface area contributed by atoms with Gasteiger partial charge in [-0.05, 0) is 19.8 Å². The Balaban J connectivity index is 1.83. The Morgan fingerprint density at radius 1 is 1.36 bits per heavy atom. The molecule has 2 heterocycles. The van der Waals surface area contributed by atoms with Crippen LogP contribution in [0, 0.1) is 6.92 Å². The summed E-state index contributed by atoms with van der Waals surface area (Å²) in [4.78, 5) is 30.6. The van der Waals surface area contributed by atoms with Crippen LogP contribution in [0.4, 0.5) is 0 Å². The molecule has 22 heavy (non-hydrogen) atoms. The molecule has 1 N–H and O–H groups in total. The third-order valence-electron chi connectivity index (χ3n) is 4.39. The molecule has 1 aromatic rings. The van der Waals surface area contributed by atoms with E-state index in [1.165, 1.54) is 29.1 Å². The number of carboxylic acids is 1. The summed E-state index contributed by atoms with van der Waals surface area (Å²) in [6.07, 6.45) is 4.71. The van der Waals surface area contributed by atoms with Crippen LogP contribution in [0.3, 0.4) is 0 Å². The molecule has 2 fully saturated rings. The van der Waals surface area contributed by atoms with Gasteiger partial charge in [0.15, 0.2) is 6.04 Å². The van der Waals surface area contributed by atoms with Crippen molar-refractivity contribution in [2.45, 2.75) is 44.6 Å². The van der Waals surface area contributed by atoms with Crippen LogP contribution in [-0.4, -0.2) is 52.7 Å². The maximum atomic E-state index is 12.7. The first kappa shape index (κ1) is 15.4. The highest BCUT2D eigenvalue weighted by atomic mass is 32.1. The molecule has 7 heteroatoms. The minimum absolute atomic E-state index is 0.0500. The van der Waals surface area contributed by atoms with Gasteiger partial charge < -0.3 is 14.7 Å². The maximum Gasteiger partial charge on any atom is 0.328 e. The van der Waals surface area contributed by atoms with Crippen molar-refractivity contribution in [1.29, 1.82) is 0 Å². The van der Waals surface area contributed by atoms with Crippen molar-refractivity contribution in [2.75, 3.05) is 19.8 Å². The Morgan fingerprint density at radius 2 is 2.09 bits per heavy atom. The van der Waals surface area contributed by atoms with Gasteiger partial charge in [-0.3, -0.25) is 4.79 Å². The molecule has 120 valence electrons. The molecule has 1 aromatic heterocycles. The summed E-state index contributed by atoms with van der Waals surface area (Å²) in [6.45, 7) is 2.57. The number of aliphatic carboxylic acids is 1. The summed E-state index contributed by atoms with van der Waals surface area (Å²) in [5, 5.41) is 10.3. The average Bonchev–Trinajstić information content (AvgIpc) is 3.15. The lowest BCUT2D eigenvalue weighted by molar-refractivity contribution is -0.147. The van der Waals surface area contributed by atoms with Gasteiger partial charge in [0.25, 0.3) is 5.91 Å². The van der Waals surface area contributed by atoms with E-state index < -0.39 is 12.0 Å².